The number of allylic oxidation sites excluding steroid dienone is 1. The molecule has 1 unspecified atom stereocenters. The highest BCUT2D eigenvalue weighted by atomic mass is 79.9. The van der Waals surface area contributed by atoms with Crippen LogP contribution in [0.4, 0.5) is 4.39 Å². The van der Waals surface area contributed by atoms with Gasteiger partial charge in [0.05, 0.1) is 4.47 Å². The van der Waals surface area contributed by atoms with E-state index in [2.05, 4.69) is 33.4 Å². The molecule has 1 aliphatic carbocycles. The van der Waals surface area contributed by atoms with E-state index in [1.54, 1.807) is 12.1 Å². The monoisotopic (exact) mass is 283 g/mol. The summed E-state index contributed by atoms with van der Waals surface area (Å²) in [5.74, 6) is -0.192. The topological polar surface area (TPSA) is 12.0 Å². The molecule has 86 valence electrons. The molecule has 16 heavy (non-hydrogen) atoms. The standard InChI is InChI=1S/C13H15BrFN/c14-12-7-6-10(8-13(12)15)9-16-11-4-2-1-3-5-11/h1-2,6-8,11,16H,3-5,9H2. The van der Waals surface area contributed by atoms with Crippen molar-refractivity contribution in [2.24, 2.45) is 0 Å². The van der Waals surface area contributed by atoms with Crippen LogP contribution in [0.3, 0.4) is 0 Å². The van der Waals surface area contributed by atoms with E-state index in [4.69, 9.17) is 0 Å². The van der Waals surface area contributed by atoms with Gasteiger partial charge in [-0.1, -0.05) is 18.2 Å². The second kappa shape index (κ2) is 5.60. The van der Waals surface area contributed by atoms with Crippen molar-refractivity contribution >= 4 is 15.9 Å². The van der Waals surface area contributed by atoms with Gasteiger partial charge < -0.3 is 5.32 Å². The smallest absolute Gasteiger partial charge is 0.137 e. The fraction of sp³-hybridized carbons (Fsp3) is 0.385. The van der Waals surface area contributed by atoms with Gasteiger partial charge in [-0.3, -0.25) is 0 Å². The number of rotatable bonds is 3. The molecule has 0 aromatic heterocycles. The Bertz CT molecular complexity index is 390. The molecule has 0 spiro atoms. The van der Waals surface area contributed by atoms with Crippen molar-refractivity contribution in [3.8, 4) is 0 Å². The van der Waals surface area contributed by atoms with E-state index in [1.165, 1.54) is 6.42 Å². The molecule has 0 fully saturated rings. The molecule has 1 aromatic carbocycles. The molecule has 0 heterocycles. The highest BCUT2D eigenvalue weighted by Gasteiger charge is 2.09. The van der Waals surface area contributed by atoms with Crippen LogP contribution in [0, 0.1) is 5.82 Å². The summed E-state index contributed by atoms with van der Waals surface area (Å²) in [6.45, 7) is 0.739. The highest BCUT2D eigenvalue weighted by Crippen LogP contribution is 2.17. The number of halogens is 2. The molecule has 0 aliphatic heterocycles. The van der Waals surface area contributed by atoms with Crippen molar-refractivity contribution in [2.75, 3.05) is 0 Å². The molecule has 3 heteroatoms. The Labute approximate surface area is 104 Å². The summed E-state index contributed by atoms with van der Waals surface area (Å²) in [5.41, 5.74) is 0.996. The van der Waals surface area contributed by atoms with Crippen molar-refractivity contribution in [3.63, 3.8) is 0 Å². The first-order valence-corrected chi connectivity index (χ1v) is 6.37. The Morgan fingerprint density at radius 1 is 1.38 bits per heavy atom. The Morgan fingerprint density at radius 2 is 2.25 bits per heavy atom. The van der Waals surface area contributed by atoms with Crippen LogP contribution in [0.15, 0.2) is 34.8 Å². The summed E-state index contributed by atoms with van der Waals surface area (Å²) in [4.78, 5) is 0. The highest BCUT2D eigenvalue weighted by molar-refractivity contribution is 9.10. The van der Waals surface area contributed by atoms with Crippen LogP contribution < -0.4 is 5.32 Å². The van der Waals surface area contributed by atoms with Gasteiger partial charge in [0.25, 0.3) is 0 Å². The molecular formula is C13H15BrFN. The molecule has 1 aliphatic rings. The maximum atomic E-state index is 13.3. The Morgan fingerprint density at radius 3 is 2.94 bits per heavy atom. The van der Waals surface area contributed by atoms with Gasteiger partial charge in [-0.2, -0.15) is 0 Å². The zero-order chi connectivity index (χ0) is 11.4. The average Bonchev–Trinajstić information content (AvgIpc) is 2.32. The third-order valence-electron chi connectivity index (χ3n) is 2.85. The van der Waals surface area contributed by atoms with Crippen LogP contribution in [0.25, 0.3) is 0 Å². The van der Waals surface area contributed by atoms with Gasteiger partial charge in [0.15, 0.2) is 0 Å². The summed E-state index contributed by atoms with van der Waals surface area (Å²) >= 11 is 3.15. The van der Waals surface area contributed by atoms with Gasteiger partial charge in [-0.25, -0.2) is 4.39 Å². The van der Waals surface area contributed by atoms with Crippen molar-refractivity contribution < 1.29 is 4.39 Å². The zero-order valence-corrected chi connectivity index (χ0v) is 10.6. The predicted molar refractivity (Wildman–Crippen MR) is 67.7 cm³/mol. The molecule has 2 rings (SSSR count). The quantitative estimate of drug-likeness (QED) is 0.833. The third kappa shape index (κ3) is 3.16. The SMILES string of the molecule is Fc1cc(CNC2CC=CCC2)ccc1Br. The molecule has 1 nitrogen and oxygen atoms in total. The minimum absolute atomic E-state index is 0.192. The number of benzene rings is 1. The maximum Gasteiger partial charge on any atom is 0.137 e. The van der Waals surface area contributed by atoms with Crippen LogP contribution in [-0.2, 0) is 6.54 Å². The Hall–Kier alpha value is -0.670. The number of nitrogens with one attached hydrogen (secondary N) is 1. The lowest BCUT2D eigenvalue weighted by Gasteiger charge is -2.19. The second-order valence-electron chi connectivity index (χ2n) is 4.11. The Balaban J connectivity index is 1.89. The molecule has 0 amide bonds. The lowest BCUT2D eigenvalue weighted by atomic mass is 10.0. The van der Waals surface area contributed by atoms with Gasteiger partial charge in [-0.15, -0.1) is 0 Å². The van der Waals surface area contributed by atoms with Crippen molar-refractivity contribution in [2.45, 2.75) is 31.8 Å². The fourth-order valence-corrected chi connectivity index (χ4v) is 2.14. The summed E-state index contributed by atoms with van der Waals surface area (Å²) in [5, 5.41) is 3.45. The maximum absolute atomic E-state index is 13.3. The van der Waals surface area contributed by atoms with E-state index in [9.17, 15) is 4.39 Å². The largest absolute Gasteiger partial charge is 0.310 e. The van der Waals surface area contributed by atoms with Gasteiger partial charge in [-0.05, 0) is 52.9 Å². The van der Waals surface area contributed by atoms with Gasteiger partial charge in [0.1, 0.15) is 5.82 Å². The lowest BCUT2D eigenvalue weighted by molar-refractivity contribution is 0.473. The summed E-state index contributed by atoms with van der Waals surface area (Å²) < 4.78 is 13.8. The van der Waals surface area contributed by atoms with E-state index in [1.807, 2.05) is 6.07 Å². The fourth-order valence-electron chi connectivity index (χ4n) is 1.89. The van der Waals surface area contributed by atoms with Crippen LogP contribution in [-0.4, -0.2) is 6.04 Å². The first kappa shape index (κ1) is 11.8. The van der Waals surface area contributed by atoms with Crippen LogP contribution >= 0.6 is 15.9 Å². The van der Waals surface area contributed by atoms with Crippen molar-refractivity contribution in [3.05, 3.63) is 46.2 Å². The molecule has 0 bridgehead atoms. The molecule has 1 N–H and O–H groups in total. The molecule has 1 atom stereocenters. The normalized spacial score (nSPS) is 20.0. The number of hydrogen-bond donors (Lipinski definition) is 1. The Kier molecular flexibility index (Phi) is 4.13. The van der Waals surface area contributed by atoms with Crippen molar-refractivity contribution in [1.82, 2.24) is 5.32 Å². The molecular weight excluding hydrogens is 269 g/mol. The van der Waals surface area contributed by atoms with E-state index in [0.717, 1.165) is 24.9 Å². The molecule has 0 radical (unpaired) electrons. The molecule has 1 aromatic rings. The zero-order valence-electron chi connectivity index (χ0n) is 9.05. The first-order valence-electron chi connectivity index (χ1n) is 5.58. The third-order valence-corrected chi connectivity index (χ3v) is 3.49. The predicted octanol–water partition coefficient (Wildman–Crippen LogP) is 3.79. The van der Waals surface area contributed by atoms with Crippen molar-refractivity contribution in [1.29, 1.82) is 0 Å². The van der Waals surface area contributed by atoms with Gasteiger partial charge in [0, 0.05) is 12.6 Å². The first-order chi connectivity index (χ1) is 7.75. The van der Waals surface area contributed by atoms with Crippen LogP contribution in [0.1, 0.15) is 24.8 Å². The van der Waals surface area contributed by atoms with E-state index >= 15 is 0 Å². The molecule has 0 saturated carbocycles. The minimum atomic E-state index is -0.192. The summed E-state index contributed by atoms with van der Waals surface area (Å²) in [6, 6.07) is 5.82. The second-order valence-corrected chi connectivity index (χ2v) is 4.97. The van der Waals surface area contributed by atoms with E-state index < -0.39 is 0 Å². The average molecular weight is 284 g/mol. The van der Waals surface area contributed by atoms with Gasteiger partial charge >= 0.3 is 0 Å². The summed E-state index contributed by atoms with van der Waals surface area (Å²) in [7, 11) is 0. The van der Waals surface area contributed by atoms with Crippen LogP contribution in [0.2, 0.25) is 0 Å². The minimum Gasteiger partial charge on any atom is -0.310 e. The van der Waals surface area contributed by atoms with E-state index in [0.29, 0.717) is 10.5 Å². The number of hydrogen-bond acceptors (Lipinski definition) is 1. The molecule has 0 saturated heterocycles. The summed E-state index contributed by atoms with van der Waals surface area (Å²) in [6.07, 6.45) is 7.84. The van der Waals surface area contributed by atoms with Crippen LogP contribution in [0.5, 0.6) is 0 Å². The van der Waals surface area contributed by atoms with Gasteiger partial charge in [0.2, 0.25) is 0 Å². The van der Waals surface area contributed by atoms with E-state index in [-0.39, 0.29) is 5.82 Å². The lowest BCUT2D eigenvalue weighted by Crippen LogP contribution is -2.29.